The van der Waals surface area contributed by atoms with Crippen molar-refractivity contribution < 1.29 is 18.0 Å². The van der Waals surface area contributed by atoms with Gasteiger partial charge in [0.15, 0.2) is 0 Å². The number of aryl methyl sites for hydroxylation is 3. The maximum absolute atomic E-state index is 14.1. The average Bonchev–Trinajstić information content (AvgIpc) is 2.90. The zero-order chi connectivity index (χ0) is 28.6. The molecule has 7 nitrogen and oxygen atoms in total. The van der Waals surface area contributed by atoms with Gasteiger partial charge in [-0.25, -0.2) is 8.42 Å². The largest absolute Gasteiger partial charge is 0.354 e. The van der Waals surface area contributed by atoms with E-state index in [0.717, 1.165) is 33.0 Å². The Morgan fingerprint density at radius 3 is 2.03 bits per heavy atom. The summed E-state index contributed by atoms with van der Waals surface area (Å²) in [5.41, 5.74) is 3.96. The van der Waals surface area contributed by atoms with Gasteiger partial charge in [-0.15, -0.1) is 0 Å². The molecule has 0 aliphatic carbocycles. The lowest BCUT2D eigenvalue weighted by atomic mass is 10.1. The molecule has 3 rings (SSSR count). The van der Waals surface area contributed by atoms with E-state index in [9.17, 15) is 18.0 Å². The molecular formula is C31H39N3O4S. The van der Waals surface area contributed by atoms with Crippen LogP contribution in [0.4, 0.5) is 5.69 Å². The molecule has 0 saturated carbocycles. The molecule has 8 heteroatoms. The Bertz CT molecular complexity index is 1350. The van der Waals surface area contributed by atoms with E-state index < -0.39 is 28.5 Å². The summed E-state index contributed by atoms with van der Waals surface area (Å²) < 4.78 is 29.1. The number of anilines is 1. The summed E-state index contributed by atoms with van der Waals surface area (Å²) >= 11 is 0. The summed E-state index contributed by atoms with van der Waals surface area (Å²) in [6.45, 7) is 9.73. The van der Waals surface area contributed by atoms with E-state index in [1.54, 1.807) is 36.4 Å². The zero-order valence-corrected chi connectivity index (χ0v) is 24.3. The molecule has 1 N–H and O–H groups in total. The molecule has 0 fully saturated rings. The summed E-state index contributed by atoms with van der Waals surface area (Å²) in [4.78, 5) is 28.8. The Hall–Kier alpha value is -3.65. The molecule has 0 saturated heterocycles. The Labute approximate surface area is 232 Å². The lowest BCUT2D eigenvalue weighted by Gasteiger charge is -2.33. The molecule has 0 aromatic heterocycles. The minimum absolute atomic E-state index is 0.0994. The molecule has 2 amide bonds. The number of amides is 2. The van der Waals surface area contributed by atoms with Gasteiger partial charge in [0.1, 0.15) is 12.6 Å². The molecule has 0 radical (unpaired) electrons. The Kier molecular flexibility index (Phi) is 10.3. The quantitative estimate of drug-likeness (QED) is 0.339. The van der Waals surface area contributed by atoms with Crippen LogP contribution in [0.15, 0.2) is 77.7 Å². The standard InChI is InChI=1S/C31H39N3O4S/c1-6-17-32-31(36)29(7-2)33(21-26-11-9-8-10-12-26)30(35)22-34(27-19-24(4)18-25(5)20-27)39(37,38)28-15-13-23(3)14-16-28/h8-16,18-20,29H,6-7,17,21-22H2,1-5H3,(H,32,36)/t29-/m1/s1. The molecule has 0 unspecified atom stereocenters. The van der Waals surface area contributed by atoms with Crippen molar-refractivity contribution >= 4 is 27.5 Å². The van der Waals surface area contributed by atoms with E-state index in [4.69, 9.17) is 0 Å². The molecule has 1 atom stereocenters. The first-order valence-corrected chi connectivity index (χ1v) is 14.8. The number of hydrogen-bond acceptors (Lipinski definition) is 4. The van der Waals surface area contributed by atoms with Gasteiger partial charge in [0.25, 0.3) is 10.0 Å². The predicted molar refractivity (Wildman–Crippen MR) is 156 cm³/mol. The topological polar surface area (TPSA) is 86.8 Å². The maximum atomic E-state index is 14.1. The highest BCUT2D eigenvalue weighted by Crippen LogP contribution is 2.27. The Morgan fingerprint density at radius 1 is 0.846 bits per heavy atom. The number of benzene rings is 3. The minimum atomic E-state index is -4.09. The number of hydrogen-bond donors (Lipinski definition) is 1. The lowest BCUT2D eigenvalue weighted by Crippen LogP contribution is -2.52. The third kappa shape index (κ3) is 7.69. The lowest BCUT2D eigenvalue weighted by molar-refractivity contribution is -0.140. The molecule has 0 aliphatic heterocycles. The summed E-state index contributed by atoms with van der Waals surface area (Å²) in [5.74, 6) is -0.699. The summed E-state index contributed by atoms with van der Waals surface area (Å²) in [5, 5.41) is 2.90. The predicted octanol–water partition coefficient (Wildman–Crippen LogP) is 5.14. The van der Waals surface area contributed by atoms with Gasteiger partial charge < -0.3 is 10.2 Å². The number of nitrogens with one attached hydrogen (secondary N) is 1. The first-order chi connectivity index (χ1) is 18.6. The number of nitrogens with zero attached hydrogens (tertiary/aromatic N) is 2. The normalized spacial score (nSPS) is 12.0. The van der Waals surface area contributed by atoms with Crippen LogP contribution < -0.4 is 9.62 Å². The van der Waals surface area contributed by atoms with Crippen LogP contribution in [-0.4, -0.2) is 44.3 Å². The second-order valence-electron chi connectivity index (χ2n) is 9.89. The minimum Gasteiger partial charge on any atom is -0.354 e. The highest BCUT2D eigenvalue weighted by molar-refractivity contribution is 7.92. The van der Waals surface area contributed by atoms with Gasteiger partial charge in [-0.05, 0) is 74.6 Å². The van der Waals surface area contributed by atoms with Crippen LogP contribution in [0.1, 0.15) is 48.9 Å². The summed E-state index contributed by atoms with van der Waals surface area (Å²) in [7, 11) is -4.09. The highest BCUT2D eigenvalue weighted by Gasteiger charge is 2.33. The van der Waals surface area contributed by atoms with E-state index >= 15 is 0 Å². The third-order valence-corrected chi connectivity index (χ3v) is 8.30. The van der Waals surface area contributed by atoms with Gasteiger partial charge in [0, 0.05) is 13.1 Å². The molecule has 0 aliphatic rings. The van der Waals surface area contributed by atoms with Gasteiger partial charge in [-0.3, -0.25) is 13.9 Å². The van der Waals surface area contributed by atoms with E-state index in [2.05, 4.69) is 5.32 Å². The van der Waals surface area contributed by atoms with Crippen molar-refractivity contribution in [2.24, 2.45) is 0 Å². The van der Waals surface area contributed by atoms with Crippen molar-refractivity contribution in [2.75, 3.05) is 17.4 Å². The van der Waals surface area contributed by atoms with E-state index in [-0.39, 0.29) is 17.3 Å². The zero-order valence-electron chi connectivity index (χ0n) is 23.5. The van der Waals surface area contributed by atoms with Gasteiger partial charge in [0.05, 0.1) is 10.6 Å². The van der Waals surface area contributed by atoms with Crippen LogP contribution in [-0.2, 0) is 26.2 Å². The van der Waals surface area contributed by atoms with E-state index in [1.807, 2.05) is 71.0 Å². The molecule has 3 aromatic carbocycles. The van der Waals surface area contributed by atoms with Crippen LogP contribution >= 0.6 is 0 Å². The van der Waals surface area contributed by atoms with Gasteiger partial charge in [0.2, 0.25) is 11.8 Å². The number of rotatable bonds is 12. The second kappa shape index (κ2) is 13.4. The van der Waals surface area contributed by atoms with Crippen molar-refractivity contribution in [3.05, 3.63) is 95.1 Å². The van der Waals surface area contributed by atoms with E-state index in [0.29, 0.717) is 18.7 Å². The summed E-state index contributed by atoms with van der Waals surface area (Å²) in [6.07, 6.45) is 1.16. The molecule has 208 valence electrons. The second-order valence-corrected chi connectivity index (χ2v) is 11.8. The smallest absolute Gasteiger partial charge is 0.264 e. The van der Waals surface area contributed by atoms with Gasteiger partial charge >= 0.3 is 0 Å². The highest BCUT2D eigenvalue weighted by atomic mass is 32.2. The van der Waals surface area contributed by atoms with Crippen LogP contribution in [0, 0.1) is 20.8 Å². The third-order valence-electron chi connectivity index (χ3n) is 6.51. The Balaban J connectivity index is 2.07. The molecule has 0 bridgehead atoms. The average molecular weight is 550 g/mol. The van der Waals surface area contributed by atoms with Crippen molar-refractivity contribution in [1.29, 1.82) is 0 Å². The molecule has 39 heavy (non-hydrogen) atoms. The van der Waals surface area contributed by atoms with Crippen molar-refractivity contribution in [3.63, 3.8) is 0 Å². The molecule has 0 spiro atoms. The van der Waals surface area contributed by atoms with Gasteiger partial charge in [-0.1, -0.05) is 67.9 Å². The van der Waals surface area contributed by atoms with Crippen LogP contribution in [0.3, 0.4) is 0 Å². The number of carbonyl (C=O) groups is 2. The first kappa shape index (κ1) is 29.9. The van der Waals surface area contributed by atoms with Crippen LogP contribution in [0.5, 0.6) is 0 Å². The maximum Gasteiger partial charge on any atom is 0.264 e. The SMILES string of the molecule is CCCNC(=O)[C@@H](CC)N(Cc1ccccc1)C(=O)CN(c1cc(C)cc(C)c1)S(=O)(=O)c1ccc(C)cc1. The molecule has 3 aromatic rings. The Morgan fingerprint density at radius 2 is 1.46 bits per heavy atom. The van der Waals surface area contributed by atoms with Crippen LogP contribution in [0.25, 0.3) is 0 Å². The van der Waals surface area contributed by atoms with Crippen molar-refractivity contribution in [1.82, 2.24) is 10.2 Å². The first-order valence-electron chi connectivity index (χ1n) is 13.4. The monoisotopic (exact) mass is 549 g/mol. The fourth-order valence-electron chi connectivity index (χ4n) is 4.53. The van der Waals surface area contributed by atoms with Gasteiger partial charge in [-0.2, -0.15) is 0 Å². The van der Waals surface area contributed by atoms with E-state index in [1.165, 1.54) is 4.90 Å². The van der Waals surface area contributed by atoms with Crippen LogP contribution in [0.2, 0.25) is 0 Å². The number of sulfonamides is 1. The van der Waals surface area contributed by atoms with Crippen molar-refractivity contribution in [3.8, 4) is 0 Å². The fourth-order valence-corrected chi connectivity index (χ4v) is 5.92. The van der Waals surface area contributed by atoms with Crippen molar-refractivity contribution in [2.45, 2.75) is 64.9 Å². The number of carbonyl (C=O) groups excluding carboxylic acids is 2. The molecular weight excluding hydrogens is 510 g/mol. The fraction of sp³-hybridized carbons (Fsp3) is 0.355. The summed E-state index contributed by atoms with van der Waals surface area (Å²) in [6, 6.07) is 20.7. The molecule has 0 heterocycles.